The Morgan fingerprint density at radius 3 is 2.38 bits per heavy atom. The number of carbonyl (C=O) groups is 2. The molecule has 162 valence electrons. The average molecular weight is 431 g/mol. The maximum atomic E-state index is 12.1. The first-order valence-corrected chi connectivity index (χ1v) is 10.0. The van der Waals surface area contributed by atoms with Gasteiger partial charge in [0.05, 0.1) is 5.52 Å². The van der Waals surface area contributed by atoms with E-state index in [1.165, 1.54) is 4.57 Å². The Balaban J connectivity index is 1.27. The van der Waals surface area contributed by atoms with Gasteiger partial charge in [0.1, 0.15) is 5.75 Å². The summed E-state index contributed by atoms with van der Waals surface area (Å²) in [5.41, 5.74) is 7.55. The molecule has 1 heterocycles. The van der Waals surface area contributed by atoms with Crippen molar-refractivity contribution in [2.75, 3.05) is 6.61 Å². The van der Waals surface area contributed by atoms with Crippen molar-refractivity contribution in [2.45, 2.75) is 13.0 Å². The molecule has 4 aromatic rings. The molecular weight excluding hydrogens is 410 g/mol. The Kier molecular flexibility index (Phi) is 6.31. The number of benzene rings is 3. The molecule has 0 fully saturated rings. The fourth-order valence-electron chi connectivity index (χ4n) is 3.27. The first kappa shape index (κ1) is 20.9. The monoisotopic (exact) mass is 431 g/mol. The molecule has 0 aliphatic heterocycles. The maximum absolute atomic E-state index is 12.1. The van der Waals surface area contributed by atoms with E-state index < -0.39 is 17.6 Å². The number of fused-ring (bicyclic) bond motifs is 1. The molecule has 8 heteroatoms. The average Bonchev–Trinajstić information content (AvgIpc) is 3.15. The van der Waals surface area contributed by atoms with Crippen LogP contribution in [-0.4, -0.2) is 23.0 Å². The number of oxazole rings is 1. The van der Waals surface area contributed by atoms with Crippen LogP contribution in [0.1, 0.15) is 6.42 Å². The van der Waals surface area contributed by atoms with Gasteiger partial charge in [0.15, 0.2) is 12.2 Å². The second kappa shape index (κ2) is 9.65. The fraction of sp³-hybridized carbons (Fsp3) is 0.125. The Morgan fingerprint density at radius 1 is 0.844 bits per heavy atom. The summed E-state index contributed by atoms with van der Waals surface area (Å²) >= 11 is 0. The van der Waals surface area contributed by atoms with Gasteiger partial charge >= 0.3 is 5.76 Å². The van der Waals surface area contributed by atoms with Gasteiger partial charge in [0.2, 0.25) is 5.91 Å². The highest BCUT2D eigenvalue weighted by Crippen LogP contribution is 2.29. The van der Waals surface area contributed by atoms with Crippen LogP contribution in [0, 0.1) is 0 Å². The number of rotatable bonds is 7. The maximum Gasteiger partial charge on any atom is 0.419 e. The summed E-state index contributed by atoms with van der Waals surface area (Å²) in [5.74, 6) is -0.924. The predicted octanol–water partition coefficient (Wildman–Crippen LogP) is 2.88. The number of aromatic nitrogens is 1. The zero-order valence-corrected chi connectivity index (χ0v) is 17.1. The van der Waals surface area contributed by atoms with Gasteiger partial charge < -0.3 is 9.15 Å². The van der Waals surface area contributed by atoms with Gasteiger partial charge in [-0.1, -0.05) is 60.7 Å². The lowest BCUT2D eigenvalue weighted by molar-refractivity contribution is -0.130. The third-order valence-corrected chi connectivity index (χ3v) is 4.81. The summed E-state index contributed by atoms with van der Waals surface area (Å²) in [6, 6.07) is 24.1. The molecule has 32 heavy (non-hydrogen) atoms. The molecule has 0 unspecified atom stereocenters. The zero-order chi connectivity index (χ0) is 22.3. The summed E-state index contributed by atoms with van der Waals surface area (Å²) in [6.07, 6.45) is -0.0125. The smallest absolute Gasteiger partial charge is 0.419 e. The van der Waals surface area contributed by atoms with Crippen LogP contribution in [-0.2, 0) is 16.1 Å². The van der Waals surface area contributed by atoms with Crippen LogP contribution in [0.5, 0.6) is 5.75 Å². The quantitative estimate of drug-likeness (QED) is 0.438. The minimum absolute atomic E-state index is 0.0125. The van der Waals surface area contributed by atoms with E-state index in [1.807, 2.05) is 48.5 Å². The second-order valence-corrected chi connectivity index (χ2v) is 6.98. The largest absolute Gasteiger partial charge is 0.483 e. The highest BCUT2D eigenvalue weighted by molar-refractivity contribution is 5.83. The standard InChI is InChI=1S/C24H21N3O5/c28-22(14-15-27-19-11-5-7-13-21(19)32-24(27)30)25-26-23(29)16-31-20-12-6-4-10-18(20)17-8-2-1-3-9-17/h1-13H,14-16H2,(H,25,28)(H,26,29). The van der Waals surface area contributed by atoms with Gasteiger partial charge in [-0.2, -0.15) is 0 Å². The lowest BCUT2D eigenvalue weighted by atomic mass is 10.1. The molecule has 0 atom stereocenters. The minimum Gasteiger partial charge on any atom is -0.483 e. The summed E-state index contributed by atoms with van der Waals surface area (Å²) < 4.78 is 12.2. The van der Waals surface area contributed by atoms with Crippen LogP contribution in [0.15, 0.2) is 88.1 Å². The van der Waals surface area contributed by atoms with E-state index in [0.717, 1.165) is 11.1 Å². The molecule has 0 aliphatic carbocycles. The molecule has 3 aromatic carbocycles. The Hall–Kier alpha value is -4.33. The molecule has 2 N–H and O–H groups in total. The first-order chi connectivity index (χ1) is 15.6. The molecule has 8 nitrogen and oxygen atoms in total. The van der Waals surface area contributed by atoms with Crippen LogP contribution < -0.4 is 21.3 Å². The van der Waals surface area contributed by atoms with Crippen molar-refractivity contribution in [2.24, 2.45) is 0 Å². The van der Waals surface area contributed by atoms with Gasteiger partial charge in [0, 0.05) is 18.5 Å². The summed E-state index contributed by atoms with van der Waals surface area (Å²) in [5, 5.41) is 0. The first-order valence-electron chi connectivity index (χ1n) is 10.0. The third-order valence-electron chi connectivity index (χ3n) is 4.81. The third kappa shape index (κ3) is 4.86. The number of hydrazine groups is 1. The lowest BCUT2D eigenvalue weighted by Gasteiger charge is -2.12. The molecule has 0 spiro atoms. The van der Waals surface area contributed by atoms with E-state index in [1.54, 1.807) is 30.3 Å². The van der Waals surface area contributed by atoms with Crippen molar-refractivity contribution in [1.82, 2.24) is 15.4 Å². The number of ether oxygens (including phenoxy) is 1. The molecule has 2 amide bonds. The Labute approximate surface area is 183 Å². The van der Waals surface area contributed by atoms with Crippen molar-refractivity contribution in [3.05, 3.63) is 89.4 Å². The van der Waals surface area contributed by atoms with Crippen molar-refractivity contribution in [3.8, 4) is 16.9 Å². The number of aryl methyl sites for hydroxylation is 1. The highest BCUT2D eigenvalue weighted by Gasteiger charge is 2.12. The Bertz CT molecular complexity index is 1290. The Morgan fingerprint density at radius 2 is 1.53 bits per heavy atom. The number of para-hydroxylation sites is 3. The van der Waals surface area contributed by atoms with E-state index in [9.17, 15) is 14.4 Å². The van der Waals surface area contributed by atoms with E-state index in [0.29, 0.717) is 16.8 Å². The molecule has 0 aliphatic rings. The van der Waals surface area contributed by atoms with Gasteiger partial charge in [-0.15, -0.1) is 0 Å². The van der Waals surface area contributed by atoms with Crippen molar-refractivity contribution >= 4 is 22.9 Å². The molecule has 1 aromatic heterocycles. The van der Waals surface area contributed by atoms with E-state index in [2.05, 4.69) is 10.9 Å². The molecule has 0 saturated carbocycles. The van der Waals surface area contributed by atoms with Crippen LogP contribution in [0.25, 0.3) is 22.2 Å². The minimum atomic E-state index is -0.534. The van der Waals surface area contributed by atoms with Crippen LogP contribution in [0.4, 0.5) is 0 Å². The number of nitrogens with zero attached hydrogens (tertiary/aromatic N) is 1. The van der Waals surface area contributed by atoms with E-state index >= 15 is 0 Å². The second-order valence-electron chi connectivity index (χ2n) is 6.98. The van der Waals surface area contributed by atoms with Gasteiger partial charge in [-0.3, -0.25) is 25.0 Å². The van der Waals surface area contributed by atoms with Crippen LogP contribution >= 0.6 is 0 Å². The van der Waals surface area contributed by atoms with Gasteiger partial charge in [0.25, 0.3) is 5.91 Å². The number of amides is 2. The number of hydrogen-bond donors (Lipinski definition) is 2. The van der Waals surface area contributed by atoms with Gasteiger partial charge in [-0.05, 0) is 23.8 Å². The molecular formula is C24H21N3O5. The molecule has 4 rings (SSSR count). The fourth-order valence-corrected chi connectivity index (χ4v) is 3.27. The number of hydrogen-bond acceptors (Lipinski definition) is 5. The topological polar surface area (TPSA) is 103 Å². The summed E-state index contributed by atoms with van der Waals surface area (Å²) in [6.45, 7) is -0.144. The van der Waals surface area contributed by atoms with E-state index in [4.69, 9.17) is 9.15 Å². The SMILES string of the molecule is O=C(CCn1c(=O)oc2ccccc21)NNC(=O)COc1ccccc1-c1ccccc1. The van der Waals surface area contributed by atoms with E-state index in [-0.39, 0.29) is 19.6 Å². The van der Waals surface area contributed by atoms with Crippen molar-refractivity contribution < 1.29 is 18.7 Å². The highest BCUT2D eigenvalue weighted by atomic mass is 16.5. The molecule has 0 radical (unpaired) electrons. The summed E-state index contributed by atoms with van der Waals surface area (Å²) in [7, 11) is 0. The predicted molar refractivity (Wildman–Crippen MR) is 119 cm³/mol. The number of carbonyl (C=O) groups excluding carboxylic acids is 2. The van der Waals surface area contributed by atoms with Crippen LogP contribution in [0.2, 0.25) is 0 Å². The zero-order valence-electron chi connectivity index (χ0n) is 17.1. The lowest BCUT2D eigenvalue weighted by Crippen LogP contribution is -2.44. The molecule has 0 bridgehead atoms. The van der Waals surface area contributed by atoms with Gasteiger partial charge in [-0.25, -0.2) is 4.79 Å². The molecule has 0 saturated heterocycles. The normalized spacial score (nSPS) is 10.6. The van der Waals surface area contributed by atoms with Crippen molar-refractivity contribution in [3.63, 3.8) is 0 Å². The van der Waals surface area contributed by atoms with Crippen LogP contribution in [0.3, 0.4) is 0 Å². The van der Waals surface area contributed by atoms with Crippen molar-refractivity contribution in [1.29, 1.82) is 0 Å². The number of nitrogens with one attached hydrogen (secondary N) is 2. The summed E-state index contributed by atoms with van der Waals surface area (Å²) in [4.78, 5) is 36.1.